The maximum atomic E-state index is 13.0. The quantitative estimate of drug-likeness (QED) is 0.755. The van der Waals surface area contributed by atoms with E-state index in [1.807, 2.05) is 35.9 Å². The van der Waals surface area contributed by atoms with Gasteiger partial charge in [0, 0.05) is 24.5 Å². The van der Waals surface area contributed by atoms with Gasteiger partial charge >= 0.3 is 0 Å². The first kappa shape index (κ1) is 17.5. The van der Waals surface area contributed by atoms with Crippen LogP contribution in [0.4, 0.5) is 11.4 Å². The Morgan fingerprint density at radius 3 is 2.67 bits per heavy atom. The van der Waals surface area contributed by atoms with Crippen LogP contribution in [0.15, 0.2) is 36.5 Å². The lowest BCUT2D eigenvalue weighted by Crippen LogP contribution is -2.21. The Bertz CT molecular complexity index is 985. The van der Waals surface area contributed by atoms with Crippen LogP contribution < -0.4 is 10.2 Å². The number of carbonyl (C=O) groups is 1. The van der Waals surface area contributed by atoms with Crippen molar-refractivity contribution in [1.29, 1.82) is 0 Å². The minimum Gasteiger partial charge on any atom is -0.370 e. The van der Waals surface area contributed by atoms with Gasteiger partial charge in [0.25, 0.3) is 5.91 Å². The summed E-state index contributed by atoms with van der Waals surface area (Å²) in [5.74, 6) is -0.133. The first-order valence-electron chi connectivity index (χ1n) is 9.55. The second-order valence-electron chi connectivity index (χ2n) is 7.38. The molecule has 6 heteroatoms. The molecular formula is C21H25N5O. The van der Waals surface area contributed by atoms with E-state index < -0.39 is 0 Å². The van der Waals surface area contributed by atoms with E-state index in [1.165, 1.54) is 12.8 Å². The third-order valence-electron chi connectivity index (χ3n) is 5.09. The van der Waals surface area contributed by atoms with Gasteiger partial charge in [0.2, 0.25) is 0 Å². The molecule has 0 aliphatic carbocycles. The van der Waals surface area contributed by atoms with Crippen LogP contribution in [0.2, 0.25) is 0 Å². The normalized spacial score (nSPS) is 14.3. The fraction of sp³-hybridized carbons (Fsp3) is 0.381. The van der Waals surface area contributed by atoms with Gasteiger partial charge in [-0.3, -0.25) is 4.79 Å². The van der Waals surface area contributed by atoms with Crippen molar-refractivity contribution < 1.29 is 4.79 Å². The predicted octanol–water partition coefficient (Wildman–Crippen LogP) is 4.17. The number of para-hydroxylation sites is 2. The van der Waals surface area contributed by atoms with Gasteiger partial charge in [0.05, 0.1) is 28.8 Å². The van der Waals surface area contributed by atoms with Gasteiger partial charge in [-0.15, -0.1) is 0 Å². The number of fused-ring (bicyclic) bond motifs is 1. The number of hydrogen-bond donors (Lipinski definition) is 1. The third-order valence-corrected chi connectivity index (χ3v) is 5.09. The van der Waals surface area contributed by atoms with Crippen molar-refractivity contribution >= 4 is 28.3 Å². The van der Waals surface area contributed by atoms with E-state index in [4.69, 9.17) is 0 Å². The highest BCUT2D eigenvalue weighted by Crippen LogP contribution is 2.29. The number of pyridine rings is 1. The first-order valence-corrected chi connectivity index (χ1v) is 9.55. The van der Waals surface area contributed by atoms with Crippen LogP contribution in [-0.4, -0.2) is 33.8 Å². The number of aryl methyl sites for hydroxylation is 1. The fourth-order valence-electron chi connectivity index (χ4n) is 3.68. The smallest absolute Gasteiger partial charge is 0.257 e. The zero-order chi connectivity index (χ0) is 19.0. The average molecular weight is 363 g/mol. The highest BCUT2D eigenvalue weighted by molar-refractivity contribution is 6.08. The molecule has 4 rings (SSSR count). The number of nitrogens with zero attached hydrogens (tertiary/aromatic N) is 4. The number of anilines is 2. The molecule has 1 saturated heterocycles. The van der Waals surface area contributed by atoms with Crippen molar-refractivity contribution in [3.63, 3.8) is 0 Å². The Kier molecular flexibility index (Phi) is 4.56. The Labute approximate surface area is 159 Å². The van der Waals surface area contributed by atoms with E-state index in [0.717, 1.165) is 35.5 Å². The molecule has 1 fully saturated rings. The number of hydrogen-bond acceptors (Lipinski definition) is 4. The van der Waals surface area contributed by atoms with Crippen molar-refractivity contribution in [1.82, 2.24) is 14.8 Å². The molecule has 0 atom stereocenters. The highest BCUT2D eigenvalue weighted by Gasteiger charge is 2.19. The molecule has 1 amide bonds. The number of amides is 1. The molecule has 3 aromatic rings. The molecule has 3 heterocycles. The lowest BCUT2D eigenvalue weighted by Gasteiger charge is -2.21. The van der Waals surface area contributed by atoms with E-state index in [-0.39, 0.29) is 11.9 Å². The molecule has 0 saturated carbocycles. The van der Waals surface area contributed by atoms with Crippen molar-refractivity contribution in [2.24, 2.45) is 0 Å². The van der Waals surface area contributed by atoms with E-state index in [9.17, 15) is 4.79 Å². The van der Waals surface area contributed by atoms with Gasteiger partial charge in [-0.1, -0.05) is 12.1 Å². The zero-order valence-corrected chi connectivity index (χ0v) is 16.1. The zero-order valence-electron chi connectivity index (χ0n) is 16.1. The third kappa shape index (κ3) is 3.27. The molecule has 0 unspecified atom stereocenters. The lowest BCUT2D eigenvalue weighted by molar-refractivity contribution is 0.102. The van der Waals surface area contributed by atoms with Gasteiger partial charge in [0.1, 0.15) is 0 Å². The summed E-state index contributed by atoms with van der Waals surface area (Å²) in [6.45, 7) is 8.08. The molecule has 6 nitrogen and oxygen atoms in total. The summed E-state index contributed by atoms with van der Waals surface area (Å²) in [4.78, 5) is 20.0. The Balaban J connectivity index is 1.65. The van der Waals surface area contributed by atoms with Crippen LogP contribution in [0.1, 0.15) is 48.8 Å². The summed E-state index contributed by atoms with van der Waals surface area (Å²) >= 11 is 0. The van der Waals surface area contributed by atoms with Crippen LogP contribution in [0.5, 0.6) is 0 Å². The van der Waals surface area contributed by atoms with E-state index in [2.05, 4.69) is 40.2 Å². The number of benzene rings is 1. The first-order chi connectivity index (χ1) is 13.0. The maximum absolute atomic E-state index is 13.0. The topological polar surface area (TPSA) is 63.1 Å². The Hall–Kier alpha value is -2.89. The summed E-state index contributed by atoms with van der Waals surface area (Å²) in [6, 6.07) is 10.1. The molecule has 0 spiro atoms. The fourth-order valence-corrected chi connectivity index (χ4v) is 3.68. The number of rotatable bonds is 4. The summed E-state index contributed by atoms with van der Waals surface area (Å²) in [5.41, 5.74) is 4.05. The van der Waals surface area contributed by atoms with Crippen molar-refractivity contribution in [3.05, 3.63) is 47.8 Å². The van der Waals surface area contributed by atoms with Crippen molar-refractivity contribution in [3.8, 4) is 0 Å². The summed E-state index contributed by atoms with van der Waals surface area (Å²) in [6.07, 6.45) is 4.17. The number of aromatic nitrogens is 3. The summed E-state index contributed by atoms with van der Waals surface area (Å²) in [7, 11) is 0. The second-order valence-corrected chi connectivity index (χ2v) is 7.38. The summed E-state index contributed by atoms with van der Waals surface area (Å²) in [5, 5.41) is 8.38. The molecule has 1 N–H and O–H groups in total. The molecule has 2 aromatic heterocycles. The molecule has 27 heavy (non-hydrogen) atoms. The van der Waals surface area contributed by atoms with Crippen LogP contribution in [0.25, 0.3) is 11.0 Å². The van der Waals surface area contributed by atoms with Gasteiger partial charge in [-0.25, -0.2) is 9.67 Å². The van der Waals surface area contributed by atoms with Gasteiger partial charge in [0.15, 0.2) is 5.65 Å². The van der Waals surface area contributed by atoms with Gasteiger partial charge in [-0.2, -0.15) is 5.10 Å². The number of nitrogens with one attached hydrogen (secondary N) is 1. The van der Waals surface area contributed by atoms with E-state index >= 15 is 0 Å². The van der Waals surface area contributed by atoms with Crippen LogP contribution >= 0.6 is 0 Å². The van der Waals surface area contributed by atoms with Crippen molar-refractivity contribution in [2.45, 2.75) is 39.7 Å². The van der Waals surface area contributed by atoms with Gasteiger partial charge < -0.3 is 10.2 Å². The molecule has 1 aromatic carbocycles. The second kappa shape index (κ2) is 7.02. The molecule has 1 aliphatic rings. The van der Waals surface area contributed by atoms with Crippen LogP contribution in [-0.2, 0) is 0 Å². The Morgan fingerprint density at radius 2 is 1.93 bits per heavy atom. The van der Waals surface area contributed by atoms with Crippen LogP contribution in [0.3, 0.4) is 0 Å². The Morgan fingerprint density at radius 1 is 1.19 bits per heavy atom. The lowest BCUT2D eigenvalue weighted by atomic mass is 10.1. The molecule has 0 radical (unpaired) electrons. The summed E-state index contributed by atoms with van der Waals surface area (Å²) < 4.78 is 1.88. The molecule has 0 bridgehead atoms. The monoisotopic (exact) mass is 363 g/mol. The standard InChI is InChI=1S/C21H25N5O/c1-14(2)26-20-16(13-22-26)12-17(15(3)23-20)21(27)24-18-8-4-5-9-19(18)25-10-6-7-11-25/h4-5,8-9,12-14H,6-7,10-11H2,1-3H3,(H,24,27). The predicted molar refractivity (Wildman–Crippen MR) is 108 cm³/mol. The molecular weight excluding hydrogens is 338 g/mol. The van der Waals surface area contributed by atoms with E-state index in [0.29, 0.717) is 11.3 Å². The average Bonchev–Trinajstić information content (AvgIpc) is 3.31. The maximum Gasteiger partial charge on any atom is 0.257 e. The minimum absolute atomic E-state index is 0.133. The van der Waals surface area contributed by atoms with Crippen LogP contribution in [0, 0.1) is 6.92 Å². The SMILES string of the molecule is Cc1nc2c(cnn2C(C)C)cc1C(=O)Nc1ccccc1N1CCCC1. The number of carbonyl (C=O) groups excluding carboxylic acids is 1. The minimum atomic E-state index is -0.133. The van der Waals surface area contributed by atoms with Crippen molar-refractivity contribution in [2.75, 3.05) is 23.3 Å². The van der Waals surface area contributed by atoms with E-state index in [1.54, 1.807) is 6.20 Å². The van der Waals surface area contributed by atoms with Gasteiger partial charge in [-0.05, 0) is 51.8 Å². The highest BCUT2D eigenvalue weighted by atomic mass is 16.1. The molecule has 1 aliphatic heterocycles. The molecule has 140 valence electrons. The largest absolute Gasteiger partial charge is 0.370 e.